The van der Waals surface area contributed by atoms with E-state index in [9.17, 15) is 0 Å². The van der Waals surface area contributed by atoms with Crippen molar-refractivity contribution in [2.75, 3.05) is 0 Å². The maximum Gasteiger partial charge on any atom is 0.0122 e. The lowest BCUT2D eigenvalue weighted by atomic mass is 10.6. The summed E-state index contributed by atoms with van der Waals surface area (Å²) in [5, 5.41) is 0. The smallest absolute Gasteiger partial charge is 0.0122 e. The Kier molecular flexibility index (Phi) is 3.70. The fraction of sp³-hybridized carbons (Fsp3) is 0. The minimum absolute atomic E-state index is 1.59. The van der Waals surface area contributed by atoms with Crippen LogP contribution in [-0.2, 0) is 0 Å². The van der Waals surface area contributed by atoms with Crippen LogP contribution in [0.5, 0.6) is 0 Å². The molecule has 0 heterocycles. The van der Waals surface area contributed by atoms with E-state index in [4.69, 9.17) is 5.84 Å². The highest BCUT2D eigenvalue weighted by Crippen LogP contribution is 1.60. The Bertz CT molecular complexity index is 56.6. The average molecular weight is 84.1 g/mol. The zero-order valence-electron chi connectivity index (χ0n) is 3.52. The van der Waals surface area contributed by atoms with Gasteiger partial charge < -0.3 is 5.43 Å². The zero-order chi connectivity index (χ0) is 4.83. The molecule has 0 aliphatic heterocycles. The third-order valence-electron chi connectivity index (χ3n) is 0.329. The molecule has 3 N–H and O–H groups in total. The summed E-state index contributed by atoms with van der Waals surface area (Å²) in [6.07, 6.45) is 4.94. The van der Waals surface area contributed by atoms with Gasteiger partial charge in [-0.3, -0.25) is 5.84 Å². The number of hydrogen-bond acceptors (Lipinski definition) is 2. The topological polar surface area (TPSA) is 38.0 Å². The second-order valence-corrected chi connectivity index (χ2v) is 0.761. The molecule has 0 bridgehead atoms. The van der Waals surface area contributed by atoms with Crippen molar-refractivity contribution in [3.8, 4) is 0 Å². The van der Waals surface area contributed by atoms with Gasteiger partial charge in [0, 0.05) is 6.20 Å². The molecular formula is C4H8N2. The van der Waals surface area contributed by atoms with Crippen LogP contribution in [-0.4, -0.2) is 0 Å². The molecule has 0 unspecified atom stereocenters. The molecule has 0 amide bonds. The third kappa shape index (κ3) is 3.24. The van der Waals surface area contributed by atoms with Gasteiger partial charge in [0.1, 0.15) is 0 Å². The predicted octanol–water partition coefficient (Wildman–Crippen LogP) is 0.149. The Balaban J connectivity index is 2.94. The van der Waals surface area contributed by atoms with Crippen molar-refractivity contribution in [1.82, 2.24) is 5.43 Å². The Hall–Kier alpha value is -0.760. The van der Waals surface area contributed by atoms with E-state index in [-0.39, 0.29) is 0 Å². The third-order valence-corrected chi connectivity index (χ3v) is 0.329. The molecular weight excluding hydrogens is 76.1 g/mol. The minimum atomic E-state index is 1.59. The number of nitrogens with one attached hydrogen (secondary N) is 1. The van der Waals surface area contributed by atoms with Crippen molar-refractivity contribution >= 4 is 0 Å². The van der Waals surface area contributed by atoms with Crippen molar-refractivity contribution in [2.45, 2.75) is 0 Å². The molecule has 0 spiro atoms. The van der Waals surface area contributed by atoms with Gasteiger partial charge >= 0.3 is 0 Å². The molecule has 0 aromatic carbocycles. The lowest BCUT2D eigenvalue weighted by Gasteiger charge is -1.77. The summed E-state index contributed by atoms with van der Waals surface area (Å²) in [5.41, 5.74) is 2.32. The van der Waals surface area contributed by atoms with Gasteiger partial charge in [0.15, 0.2) is 0 Å². The van der Waals surface area contributed by atoms with E-state index in [0.717, 1.165) is 0 Å². The molecule has 0 radical (unpaired) electrons. The molecule has 0 fully saturated rings. The zero-order valence-corrected chi connectivity index (χ0v) is 3.52. The van der Waals surface area contributed by atoms with Crippen molar-refractivity contribution in [2.24, 2.45) is 5.84 Å². The molecule has 0 saturated carbocycles. The summed E-state index contributed by atoms with van der Waals surface area (Å²) >= 11 is 0. The minimum Gasteiger partial charge on any atom is -0.331 e. The Morgan fingerprint density at radius 2 is 2.33 bits per heavy atom. The summed E-state index contributed by atoms with van der Waals surface area (Å²) in [5.74, 6) is 4.83. The Morgan fingerprint density at radius 1 is 1.67 bits per heavy atom. The number of hydrazine groups is 1. The number of hydrogen-bond donors (Lipinski definition) is 2. The van der Waals surface area contributed by atoms with Crippen LogP contribution in [0.4, 0.5) is 0 Å². The summed E-state index contributed by atoms with van der Waals surface area (Å²) in [6, 6.07) is 0. The number of rotatable bonds is 2. The molecule has 0 aliphatic carbocycles. The molecule has 0 atom stereocenters. The van der Waals surface area contributed by atoms with E-state index in [0.29, 0.717) is 0 Å². The lowest BCUT2D eigenvalue weighted by Crippen LogP contribution is -2.12. The SMILES string of the molecule is C=CC=CNN. The molecule has 0 aromatic rings. The fourth-order valence-corrected chi connectivity index (χ4v) is 0.124. The Labute approximate surface area is 37.3 Å². The van der Waals surface area contributed by atoms with Gasteiger partial charge in [0.2, 0.25) is 0 Å². The van der Waals surface area contributed by atoms with Crippen LogP contribution in [0.15, 0.2) is 24.9 Å². The normalized spacial score (nSPS) is 8.83. The second kappa shape index (κ2) is 4.24. The van der Waals surface area contributed by atoms with Crippen LogP contribution >= 0.6 is 0 Å². The monoisotopic (exact) mass is 84.1 g/mol. The summed E-state index contributed by atoms with van der Waals surface area (Å²) in [7, 11) is 0. The fourth-order valence-electron chi connectivity index (χ4n) is 0.124. The molecule has 0 aromatic heterocycles. The van der Waals surface area contributed by atoms with E-state index >= 15 is 0 Å². The van der Waals surface area contributed by atoms with E-state index in [1.54, 1.807) is 18.4 Å². The van der Waals surface area contributed by atoms with Crippen molar-refractivity contribution in [1.29, 1.82) is 0 Å². The van der Waals surface area contributed by atoms with Gasteiger partial charge in [-0.1, -0.05) is 12.7 Å². The van der Waals surface area contributed by atoms with E-state index < -0.39 is 0 Å². The largest absolute Gasteiger partial charge is 0.331 e. The first kappa shape index (κ1) is 5.24. The van der Waals surface area contributed by atoms with Crippen molar-refractivity contribution in [3.05, 3.63) is 24.9 Å². The van der Waals surface area contributed by atoms with Gasteiger partial charge in [0.25, 0.3) is 0 Å². The standard InChI is InChI=1S/C4H8N2/c1-2-3-4-6-5/h2-4,6H,1,5H2. The van der Waals surface area contributed by atoms with Crippen molar-refractivity contribution < 1.29 is 0 Å². The molecule has 2 heteroatoms. The van der Waals surface area contributed by atoms with Gasteiger partial charge in [-0.25, -0.2) is 0 Å². The predicted molar refractivity (Wildman–Crippen MR) is 26.7 cm³/mol. The first-order chi connectivity index (χ1) is 2.91. The van der Waals surface area contributed by atoms with Crippen LogP contribution < -0.4 is 11.3 Å². The number of nitrogens with two attached hydrogens (primary N) is 1. The first-order valence-electron chi connectivity index (χ1n) is 1.65. The van der Waals surface area contributed by atoms with E-state index in [2.05, 4.69) is 12.0 Å². The first-order valence-corrected chi connectivity index (χ1v) is 1.65. The van der Waals surface area contributed by atoms with Crippen molar-refractivity contribution in [3.63, 3.8) is 0 Å². The quantitative estimate of drug-likeness (QED) is 0.284. The molecule has 34 valence electrons. The maximum atomic E-state index is 4.83. The maximum absolute atomic E-state index is 4.83. The highest BCUT2D eigenvalue weighted by Gasteiger charge is 1.49. The molecule has 0 aliphatic rings. The Morgan fingerprint density at radius 3 is 2.50 bits per heavy atom. The molecule has 0 saturated heterocycles. The molecule has 0 rings (SSSR count). The van der Waals surface area contributed by atoms with Crippen LogP contribution in [0.1, 0.15) is 0 Å². The lowest BCUT2D eigenvalue weighted by molar-refractivity contribution is 0.968. The van der Waals surface area contributed by atoms with E-state index in [1.807, 2.05) is 0 Å². The summed E-state index contributed by atoms with van der Waals surface area (Å²) < 4.78 is 0. The van der Waals surface area contributed by atoms with Gasteiger partial charge in [-0.2, -0.15) is 0 Å². The van der Waals surface area contributed by atoms with Crippen LogP contribution in [0, 0.1) is 0 Å². The molecule has 2 nitrogen and oxygen atoms in total. The summed E-state index contributed by atoms with van der Waals surface area (Å²) in [6.45, 7) is 3.42. The van der Waals surface area contributed by atoms with Crippen LogP contribution in [0.3, 0.4) is 0 Å². The van der Waals surface area contributed by atoms with Gasteiger partial charge in [-0.05, 0) is 6.08 Å². The van der Waals surface area contributed by atoms with Gasteiger partial charge in [-0.15, -0.1) is 0 Å². The van der Waals surface area contributed by atoms with Gasteiger partial charge in [0.05, 0.1) is 0 Å². The summed E-state index contributed by atoms with van der Waals surface area (Å²) in [4.78, 5) is 0. The highest BCUT2D eigenvalue weighted by atomic mass is 15.2. The van der Waals surface area contributed by atoms with E-state index in [1.165, 1.54) is 0 Å². The highest BCUT2D eigenvalue weighted by molar-refractivity contribution is 4.94. The van der Waals surface area contributed by atoms with Crippen LogP contribution in [0.25, 0.3) is 0 Å². The average Bonchev–Trinajstić information content (AvgIpc) is 1.61. The van der Waals surface area contributed by atoms with Crippen LogP contribution in [0.2, 0.25) is 0 Å². The molecule has 6 heavy (non-hydrogen) atoms. The second-order valence-electron chi connectivity index (χ2n) is 0.761. The number of allylic oxidation sites excluding steroid dienone is 2.